The minimum Gasteiger partial charge on any atom is -0.369 e. The van der Waals surface area contributed by atoms with Crippen molar-refractivity contribution in [3.63, 3.8) is 0 Å². The summed E-state index contributed by atoms with van der Waals surface area (Å²) in [6.45, 7) is 1.26. The second-order valence-corrected chi connectivity index (χ2v) is 8.73. The number of nitrogens with one attached hydrogen (secondary N) is 1. The Bertz CT molecular complexity index is 714. The molecule has 1 amide bonds. The van der Waals surface area contributed by atoms with E-state index < -0.39 is 21.7 Å². The summed E-state index contributed by atoms with van der Waals surface area (Å²) in [5, 5.41) is 2.89. The maximum absolute atomic E-state index is 13.2. The molecule has 1 saturated heterocycles. The first-order valence-electron chi connectivity index (χ1n) is 7.59. The average molecular weight is 378 g/mol. The predicted octanol–water partition coefficient (Wildman–Crippen LogP) is 0.936. The molecule has 9 heteroatoms. The minimum absolute atomic E-state index is 0.0581. The first kappa shape index (κ1) is 19.0. The van der Waals surface area contributed by atoms with Crippen molar-refractivity contribution in [1.29, 1.82) is 0 Å². The van der Waals surface area contributed by atoms with Crippen molar-refractivity contribution in [2.45, 2.75) is 24.9 Å². The third-order valence-electron chi connectivity index (χ3n) is 3.94. The first-order valence-corrected chi connectivity index (χ1v) is 10.0. The van der Waals surface area contributed by atoms with Crippen molar-refractivity contribution < 1.29 is 17.6 Å². The Morgan fingerprint density at radius 1 is 1.54 bits per heavy atom. The van der Waals surface area contributed by atoms with Crippen molar-refractivity contribution in [3.05, 3.63) is 29.0 Å². The van der Waals surface area contributed by atoms with Crippen LogP contribution in [0.5, 0.6) is 0 Å². The van der Waals surface area contributed by atoms with Crippen LogP contribution in [0.2, 0.25) is 5.02 Å². The zero-order valence-corrected chi connectivity index (χ0v) is 14.9. The van der Waals surface area contributed by atoms with Gasteiger partial charge in [-0.1, -0.05) is 11.6 Å². The van der Waals surface area contributed by atoms with E-state index in [0.717, 1.165) is 18.4 Å². The molecular weight excluding hydrogens is 357 g/mol. The molecule has 1 aromatic carbocycles. The lowest BCUT2D eigenvalue weighted by Crippen LogP contribution is -2.46. The van der Waals surface area contributed by atoms with Crippen LogP contribution < -0.4 is 16.0 Å². The Morgan fingerprint density at radius 3 is 2.88 bits per heavy atom. The van der Waals surface area contributed by atoms with E-state index in [0.29, 0.717) is 13.1 Å². The molecule has 2 rings (SSSR count). The number of hydrogen-bond acceptors (Lipinski definition) is 5. The summed E-state index contributed by atoms with van der Waals surface area (Å²) in [5.74, 6) is -0.948. The topological polar surface area (TPSA) is 92.5 Å². The highest BCUT2D eigenvalue weighted by Gasteiger charge is 2.26. The van der Waals surface area contributed by atoms with E-state index in [9.17, 15) is 17.6 Å². The highest BCUT2D eigenvalue weighted by Crippen LogP contribution is 2.25. The van der Waals surface area contributed by atoms with Gasteiger partial charge < -0.3 is 16.0 Å². The molecule has 1 fully saturated rings. The smallest absolute Gasteiger partial charge is 0.237 e. The monoisotopic (exact) mass is 377 g/mol. The molecule has 134 valence electrons. The van der Waals surface area contributed by atoms with Crippen LogP contribution in [0.4, 0.5) is 10.1 Å². The van der Waals surface area contributed by atoms with Gasteiger partial charge in [-0.15, -0.1) is 0 Å². The Morgan fingerprint density at radius 2 is 2.25 bits per heavy atom. The van der Waals surface area contributed by atoms with Gasteiger partial charge in [-0.05, 0) is 31.0 Å². The Hall–Kier alpha value is -1.38. The van der Waals surface area contributed by atoms with Gasteiger partial charge in [0.1, 0.15) is 15.7 Å². The zero-order valence-electron chi connectivity index (χ0n) is 13.3. The summed E-state index contributed by atoms with van der Waals surface area (Å²) in [4.78, 5) is 14.0. The van der Waals surface area contributed by atoms with Gasteiger partial charge in [-0.25, -0.2) is 12.8 Å². The number of hydrogen-bond donors (Lipinski definition) is 2. The van der Waals surface area contributed by atoms with E-state index in [1.807, 2.05) is 4.90 Å². The zero-order chi connectivity index (χ0) is 17.9. The summed E-state index contributed by atoms with van der Waals surface area (Å²) < 4.78 is 35.5. The van der Waals surface area contributed by atoms with Crippen molar-refractivity contribution in [1.82, 2.24) is 5.32 Å². The van der Waals surface area contributed by atoms with Crippen molar-refractivity contribution in [3.8, 4) is 0 Å². The molecule has 0 aliphatic carbocycles. The summed E-state index contributed by atoms with van der Waals surface area (Å²) >= 11 is 5.79. The summed E-state index contributed by atoms with van der Waals surface area (Å²) in [7, 11) is -3.14. The van der Waals surface area contributed by atoms with Crippen LogP contribution in [0.25, 0.3) is 0 Å². The van der Waals surface area contributed by atoms with Crippen molar-refractivity contribution in [2.75, 3.05) is 30.0 Å². The van der Waals surface area contributed by atoms with Crippen LogP contribution in [0.15, 0.2) is 18.2 Å². The molecule has 2 atom stereocenters. The highest BCUT2D eigenvalue weighted by molar-refractivity contribution is 7.90. The lowest BCUT2D eigenvalue weighted by Gasteiger charge is -2.20. The highest BCUT2D eigenvalue weighted by atomic mass is 35.5. The van der Waals surface area contributed by atoms with Crippen LogP contribution in [0, 0.1) is 5.82 Å². The molecule has 3 N–H and O–H groups in total. The lowest BCUT2D eigenvalue weighted by molar-refractivity contribution is -0.122. The molecule has 0 saturated carbocycles. The van der Waals surface area contributed by atoms with E-state index in [1.54, 1.807) is 12.1 Å². The molecule has 0 spiro atoms. The van der Waals surface area contributed by atoms with Crippen LogP contribution in [0.3, 0.4) is 0 Å². The fraction of sp³-hybridized carbons (Fsp3) is 0.533. The molecule has 1 aliphatic rings. The third-order valence-corrected chi connectivity index (χ3v) is 5.21. The number of amides is 1. The Labute approximate surface area is 146 Å². The van der Waals surface area contributed by atoms with Gasteiger partial charge in [0.25, 0.3) is 0 Å². The van der Waals surface area contributed by atoms with Crippen LogP contribution in [0.1, 0.15) is 12.8 Å². The summed E-state index contributed by atoms with van der Waals surface area (Å²) in [6.07, 6.45) is 1.93. The number of nitrogens with zero attached hydrogens (tertiary/aromatic N) is 1. The van der Waals surface area contributed by atoms with Crippen molar-refractivity contribution in [2.24, 2.45) is 5.73 Å². The third kappa shape index (κ3) is 5.32. The second-order valence-electron chi connectivity index (χ2n) is 6.06. The van der Waals surface area contributed by atoms with Gasteiger partial charge in [0.2, 0.25) is 5.91 Å². The SMILES string of the molecule is CS(=O)(=O)CCC(N)C(=O)NC1CCN(c2ccc(F)c(Cl)c2)C1. The van der Waals surface area contributed by atoms with Crippen LogP contribution in [-0.4, -0.2) is 51.5 Å². The van der Waals surface area contributed by atoms with Crippen LogP contribution in [-0.2, 0) is 14.6 Å². The average Bonchev–Trinajstić information content (AvgIpc) is 2.95. The van der Waals surface area contributed by atoms with Gasteiger partial charge >= 0.3 is 0 Å². The number of anilines is 1. The van der Waals surface area contributed by atoms with E-state index in [1.165, 1.54) is 6.07 Å². The molecule has 1 aliphatic heterocycles. The molecule has 0 radical (unpaired) electrons. The van der Waals surface area contributed by atoms with Gasteiger partial charge in [0.15, 0.2) is 0 Å². The lowest BCUT2D eigenvalue weighted by atomic mass is 10.2. The summed E-state index contributed by atoms with van der Waals surface area (Å²) in [6, 6.07) is 3.56. The van der Waals surface area contributed by atoms with Crippen molar-refractivity contribution >= 4 is 33.0 Å². The fourth-order valence-electron chi connectivity index (χ4n) is 2.57. The van der Waals surface area contributed by atoms with E-state index >= 15 is 0 Å². The van der Waals surface area contributed by atoms with Gasteiger partial charge in [-0.2, -0.15) is 0 Å². The maximum Gasteiger partial charge on any atom is 0.237 e. The largest absolute Gasteiger partial charge is 0.369 e. The molecule has 2 unspecified atom stereocenters. The molecule has 0 aromatic heterocycles. The Kier molecular flexibility index (Phi) is 6.06. The first-order chi connectivity index (χ1) is 11.2. The number of nitrogens with two attached hydrogens (primary N) is 1. The molecule has 24 heavy (non-hydrogen) atoms. The van der Waals surface area contributed by atoms with Gasteiger partial charge in [0, 0.05) is 31.1 Å². The van der Waals surface area contributed by atoms with E-state index in [2.05, 4.69) is 5.32 Å². The maximum atomic E-state index is 13.2. The number of carbonyl (C=O) groups is 1. The Balaban J connectivity index is 1.86. The molecule has 1 heterocycles. The minimum atomic E-state index is -3.14. The normalized spacial score (nSPS) is 19.3. The number of halogens is 2. The predicted molar refractivity (Wildman–Crippen MR) is 92.5 cm³/mol. The molecule has 1 aromatic rings. The summed E-state index contributed by atoms with van der Waals surface area (Å²) in [5.41, 5.74) is 6.53. The van der Waals surface area contributed by atoms with Gasteiger partial charge in [0.05, 0.1) is 16.8 Å². The number of sulfone groups is 1. The second kappa shape index (κ2) is 7.67. The number of benzene rings is 1. The fourth-order valence-corrected chi connectivity index (χ4v) is 3.43. The van der Waals surface area contributed by atoms with E-state index in [4.69, 9.17) is 17.3 Å². The number of rotatable bonds is 6. The van der Waals surface area contributed by atoms with Crippen LogP contribution >= 0.6 is 11.6 Å². The molecule has 0 bridgehead atoms. The van der Waals surface area contributed by atoms with E-state index in [-0.39, 0.29) is 29.1 Å². The van der Waals surface area contributed by atoms with Gasteiger partial charge in [-0.3, -0.25) is 4.79 Å². The standard InChI is InChI=1S/C15H21ClFN3O3S/c1-24(22,23)7-5-14(18)15(21)19-10-4-6-20(9-10)11-2-3-13(17)12(16)8-11/h2-3,8,10,14H,4-7,9,18H2,1H3,(H,19,21). The number of carbonyl (C=O) groups excluding carboxylic acids is 1. The quantitative estimate of drug-likeness (QED) is 0.769. The molecule has 6 nitrogen and oxygen atoms in total. The molecular formula is C15H21ClFN3O3S.